The van der Waals surface area contributed by atoms with Crippen LogP contribution in [0.2, 0.25) is 0 Å². The Kier molecular flexibility index (Phi) is 10.6. The van der Waals surface area contributed by atoms with Gasteiger partial charge in [-0.05, 0) is 73.6 Å². The first-order valence-electron chi connectivity index (χ1n) is 16.8. The van der Waals surface area contributed by atoms with Crippen molar-refractivity contribution in [3.8, 4) is 11.5 Å². The number of aliphatic hydroxyl groups excluding tert-OH is 1. The number of carbonyl (C=O) groups is 2. The third-order valence-electron chi connectivity index (χ3n) is 9.82. The summed E-state index contributed by atoms with van der Waals surface area (Å²) >= 11 is 0. The van der Waals surface area contributed by atoms with Crippen LogP contribution in [0.1, 0.15) is 61.3 Å². The van der Waals surface area contributed by atoms with Crippen molar-refractivity contribution in [1.82, 2.24) is 15.1 Å². The van der Waals surface area contributed by atoms with E-state index < -0.39 is 6.10 Å². The average molecular weight is 621 g/mol. The minimum atomic E-state index is -0.904. The smallest absolute Gasteiger partial charge is 0.262 e. The van der Waals surface area contributed by atoms with Crippen LogP contribution in [-0.2, 0) is 27.2 Å². The quantitative estimate of drug-likeness (QED) is 0.167. The Morgan fingerprint density at radius 2 is 1.87 bits per heavy atom. The van der Waals surface area contributed by atoms with E-state index in [-0.39, 0.29) is 48.2 Å². The molecule has 2 amide bonds. The molecule has 0 aromatic heterocycles. The summed E-state index contributed by atoms with van der Waals surface area (Å²) in [7, 11) is 0. The number of likely N-dealkylation sites (tertiary alicyclic amines) is 1. The number of hydrogen-bond acceptors (Lipinski definition) is 8. The Morgan fingerprint density at radius 3 is 2.64 bits per heavy atom. The lowest BCUT2D eigenvalue weighted by atomic mass is 10.0. The van der Waals surface area contributed by atoms with Crippen LogP contribution in [0.4, 0.5) is 5.69 Å². The normalized spacial score (nSPS) is 21.6. The average Bonchev–Trinajstić information content (AvgIpc) is 3.65. The van der Waals surface area contributed by atoms with Crippen LogP contribution in [0.3, 0.4) is 0 Å². The van der Waals surface area contributed by atoms with E-state index in [0.29, 0.717) is 38.3 Å². The van der Waals surface area contributed by atoms with Crippen LogP contribution in [0.15, 0.2) is 36.4 Å². The van der Waals surface area contributed by atoms with Crippen LogP contribution < -0.4 is 15.4 Å². The first-order valence-corrected chi connectivity index (χ1v) is 16.8. The molecule has 2 aromatic rings. The van der Waals surface area contributed by atoms with Gasteiger partial charge in [-0.15, -0.1) is 0 Å². The van der Waals surface area contributed by atoms with Crippen LogP contribution in [-0.4, -0.2) is 97.0 Å². The number of benzene rings is 2. The second kappa shape index (κ2) is 14.9. The maximum absolute atomic E-state index is 13.0. The molecule has 1 saturated heterocycles. The molecule has 45 heavy (non-hydrogen) atoms. The zero-order valence-electron chi connectivity index (χ0n) is 26.2. The van der Waals surface area contributed by atoms with Crippen molar-refractivity contribution in [1.29, 1.82) is 0 Å². The molecule has 0 radical (unpaired) electrons. The van der Waals surface area contributed by atoms with Gasteiger partial charge in [0.1, 0.15) is 11.4 Å². The summed E-state index contributed by atoms with van der Waals surface area (Å²) in [5, 5.41) is 26.6. The summed E-state index contributed by atoms with van der Waals surface area (Å²) in [6, 6.07) is 12.2. The first kappa shape index (κ1) is 31.8. The number of anilines is 1. The van der Waals surface area contributed by atoms with Crippen molar-refractivity contribution in [2.75, 3.05) is 64.4 Å². The minimum absolute atomic E-state index is 0.102. The minimum Gasteiger partial charge on any atom is -0.506 e. The van der Waals surface area contributed by atoms with E-state index in [0.717, 1.165) is 44.1 Å². The number of hydrogen-bond donors (Lipinski definition) is 4. The van der Waals surface area contributed by atoms with Gasteiger partial charge in [-0.1, -0.05) is 30.7 Å². The van der Waals surface area contributed by atoms with Gasteiger partial charge >= 0.3 is 0 Å². The van der Waals surface area contributed by atoms with Gasteiger partial charge in [-0.3, -0.25) is 9.59 Å². The maximum Gasteiger partial charge on any atom is 0.262 e. The van der Waals surface area contributed by atoms with Crippen molar-refractivity contribution in [2.45, 2.75) is 63.5 Å². The summed E-state index contributed by atoms with van der Waals surface area (Å²) < 4.78 is 11.4. The molecule has 244 valence electrons. The van der Waals surface area contributed by atoms with E-state index in [9.17, 15) is 19.8 Å². The van der Waals surface area contributed by atoms with Gasteiger partial charge in [-0.2, -0.15) is 0 Å². The molecule has 10 heteroatoms. The zero-order valence-corrected chi connectivity index (χ0v) is 26.2. The van der Waals surface area contributed by atoms with Crippen molar-refractivity contribution in [3.63, 3.8) is 0 Å². The van der Waals surface area contributed by atoms with E-state index in [1.54, 1.807) is 6.07 Å². The van der Waals surface area contributed by atoms with Gasteiger partial charge in [0.15, 0.2) is 12.4 Å². The predicted octanol–water partition coefficient (Wildman–Crippen LogP) is 3.26. The second-order valence-corrected chi connectivity index (χ2v) is 13.1. The maximum atomic E-state index is 13.0. The lowest BCUT2D eigenvalue weighted by molar-refractivity contribution is -0.132. The predicted molar refractivity (Wildman–Crippen MR) is 171 cm³/mol. The topological polar surface area (TPSA) is 124 Å². The highest BCUT2D eigenvalue weighted by Gasteiger charge is 2.35. The molecule has 4 N–H and O–H groups in total. The second-order valence-electron chi connectivity index (χ2n) is 13.1. The molecule has 2 heterocycles. The Morgan fingerprint density at radius 1 is 1.09 bits per heavy atom. The van der Waals surface area contributed by atoms with Crippen molar-refractivity contribution < 1.29 is 29.3 Å². The number of amides is 2. The zero-order chi connectivity index (χ0) is 31.2. The molecule has 2 aliphatic carbocycles. The number of rotatable bonds is 16. The van der Waals surface area contributed by atoms with Gasteiger partial charge in [0.25, 0.3) is 5.91 Å². The highest BCUT2D eigenvalue weighted by Crippen LogP contribution is 2.41. The standard InChI is InChI=1S/C35H48N4O6/c40-30-10-9-29(35-34(30)37-32(42)23-45-35)31(41)20-36-14-16-39(28-7-8-28)33(43)13-18-44-17-12-25-4-1-3-24(19-25)11-15-38-21-26-5-2-6-27(26)22-38/h1,3-4,9-10,19,26-28,31,36,40-41H,2,5-8,11-18,20-23H2,(H,37,42). The molecule has 4 aliphatic rings. The fourth-order valence-corrected chi connectivity index (χ4v) is 7.22. The van der Waals surface area contributed by atoms with Gasteiger partial charge in [-0.25, -0.2) is 0 Å². The number of phenols is 1. The van der Waals surface area contributed by atoms with Crippen molar-refractivity contribution in [3.05, 3.63) is 53.1 Å². The first-order chi connectivity index (χ1) is 21.9. The molecule has 10 nitrogen and oxygen atoms in total. The fourth-order valence-electron chi connectivity index (χ4n) is 7.22. The number of nitrogens with one attached hydrogen (secondary N) is 2. The molecule has 2 aliphatic heterocycles. The Bertz CT molecular complexity index is 1320. The molecule has 6 rings (SSSR count). The number of carbonyl (C=O) groups excluding carboxylic acids is 2. The summed E-state index contributed by atoms with van der Waals surface area (Å²) in [4.78, 5) is 29.2. The molecule has 3 atom stereocenters. The van der Waals surface area contributed by atoms with Gasteiger partial charge in [0, 0.05) is 50.9 Å². The van der Waals surface area contributed by atoms with Crippen LogP contribution in [0, 0.1) is 11.8 Å². The van der Waals surface area contributed by atoms with E-state index in [2.05, 4.69) is 39.8 Å². The lowest BCUT2D eigenvalue weighted by Gasteiger charge is -2.25. The van der Waals surface area contributed by atoms with Gasteiger partial charge in [0.2, 0.25) is 5.91 Å². The van der Waals surface area contributed by atoms with Crippen LogP contribution in [0.5, 0.6) is 11.5 Å². The number of aromatic hydroxyl groups is 1. The van der Waals surface area contributed by atoms with Gasteiger partial charge in [0.05, 0.1) is 25.7 Å². The van der Waals surface area contributed by atoms with Crippen LogP contribution >= 0.6 is 0 Å². The number of phenolic OH excluding ortho intramolecular Hbond substituents is 1. The molecule has 3 fully saturated rings. The van der Waals surface area contributed by atoms with E-state index in [1.165, 1.54) is 49.5 Å². The Balaban J connectivity index is 0.870. The summed E-state index contributed by atoms with van der Waals surface area (Å²) in [5.41, 5.74) is 3.34. The van der Waals surface area contributed by atoms with E-state index >= 15 is 0 Å². The third-order valence-corrected chi connectivity index (χ3v) is 9.82. The monoisotopic (exact) mass is 620 g/mol. The molecule has 3 unspecified atom stereocenters. The van der Waals surface area contributed by atoms with Crippen LogP contribution in [0.25, 0.3) is 0 Å². The third kappa shape index (κ3) is 8.35. The number of aliphatic hydroxyl groups is 1. The van der Waals surface area contributed by atoms with E-state index in [4.69, 9.17) is 9.47 Å². The van der Waals surface area contributed by atoms with Crippen molar-refractivity contribution >= 4 is 17.5 Å². The highest BCUT2D eigenvalue weighted by atomic mass is 16.5. The molecule has 0 spiro atoms. The fraction of sp³-hybridized carbons (Fsp3) is 0.600. The highest BCUT2D eigenvalue weighted by molar-refractivity contribution is 5.97. The number of fused-ring (bicyclic) bond motifs is 2. The number of ether oxygens (including phenoxy) is 2. The lowest BCUT2D eigenvalue weighted by Crippen LogP contribution is -2.39. The summed E-state index contributed by atoms with van der Waals surface area (Å²) in [6.07, 6.45) is 7.72. The molecule has 2 aromatic carbocycles. The molecule has 2 saturated carbocycles. The SMILES string of the molecule is O=C1COc2c(C(O)CNCCN(C(=O)CCOCCc3cccc(CCN4CC5CCCC5C4)c3)C3CC3)ccc(O)c2N1. The Hall–Kier alpha value is -3.18. The van der Waals surface area contributed by atoms with Gasteiger partial charge < -0.3 is 40.1 Å². The molecular formula is C35H48N4O6. The van der Waals surface area contributed by atoms with Crippen molar-refractivity contribution in [2.24, 2.45) is 11.8 Å². The summed E-state index contributed by atoms with van der Waals surface area (Å²) in [5.74, 6) is 1.81. The Labute approximate surface area is 266 Å². The largest absolute Gasteiger partial charge is 0.506 e. The molecular weight excluding hydrogens is 572 g/mol. The number of nitrogens with zero attached hydrogens (tertiary/aromatic N) is 2. The van der Waals surface area contributed by atoms with E-state index in [1.807, 2.05) is 4.90 Å². The summed E-state index contributed by atoms with van der Waals surface area (Å²) in [6.45, 7) is 5.90. The molecule has 0 bridgehead atoms.